The van der Waals surface area contributed by atoms with Crippen molar-refractivity contribution in [3.63, 3.8) is 0 Å². The lowest BCUT2D eigenvalue weighted by Crippen LogP contribution is -2.32. The minimum absolute atomic E-state index is 0.0296. The summed E-state index contributed by atoms with van der Waals surface area (Å²) in [6.45, 7) is 0.142. The van der Waals surface area contributed by atoms with Crippen molar-refractivity contribution in [2.75, 3.05) is 14.2 Å². The summed E-state index contributed by atoms with van der Waals surface area (Å²) < 4.78 is 26.9. The van der Waals surface area contributed by atoms with Gasteiger partial charge in [0.05, 0.1) is 26.5 Å². The average Bonchev–Trinajstić information content (AvgIpc) is 3.57. The van der Waals surface area contributed by atoms with E-state index in [-0.39, 0.29) is 24.6 Å². The molecule has 32 heavy (non-hydrogen) atoms. The van der Waals surface area contributed by atoms with E-state index in [1.54, 1.807) is 50.2 Å². The topological polar surface area (TPSA) is 76.8 Å². The molecule has 1 saturated carbocycles. The third-order valence-electron chi connectivity index (χ3n) is 5.68. The highest BCUT2D eigenvalue weighted by Gasteiger charge is 2.30. The van der Waals surface area contributed by atoms with Gasteiger partial charge in [0, 0.05) is 36.7 Å². The Kier molecular flexibility index (Phi) is 6.03. The lowest BCUT2D eigenvalue weighted by molar-refractivity contribution is 0.0715. The van der Waals surface area contributed by atoms with Crippen LogP contribution in [0.5, 0.6) is 17.2 Å². The molecule has 8 heteroatoms. The Bertz CT molecular complexity index is 1140. The Morgan fingerprint density at radius 1 is 1.16 bits per heavy atom. The number of carbonyl (C=O) groups excluding carboxylic acids is 1. The molecule has 0 radical (unpaired) electrons. The molecule has 1 fully saturated rings. The van der Waals surface area contributed by atoms with Gasteiger partial charge in [-0.05, 0) is 37.1 Å². The van der Waals surface area contributed by atoms with Gasteiger partial charge in [0.15, 0.2) is 11.6 Å². The summed E-state index contributed by atoms with van der Waals surface area (Å²) in [5.74, 6) is 0.114. The maximum atomic E-state index is 14.6. The third-order valence-corrected chi connectivity index (χ3v) is 5.68. The quantitative estimate of drug-likeness (QED) is 0.574. The van der Waals surface area contributed by atoms with E-state index >= 15 is 0 Å². The number of amides is 1. The Morgan fingerprint density at radius 3 is 2.59 bits per heavy atom. The average molecular weight is 439 g/mol. The van der Waals surface area contributed by atoms with Gasteiger partial charge in [-0.1, -0.05) is 12.1 Å². The standard InChI is InChI=1S/C24H26FN3O4/c1-27-20(12-19(26-27)15-7-8-15)24(30)28(14-17-5-4-6-21(29)23(17)25)13-16-9-10-18(31-2)11-22(16)32-3/h4-6,9-12,15,29H,7-8,13-14H2,1-3H3. The van der Waals surface area contributed by atoms with Crippen LogP contribution in [0.2, 0.25) is 0 Å². The van der Waals surface area contributed by atoms with Gasteiger partial charge in [0.25, 0.3) is 5.91 Å². The number of aromatic hydroxyl groups is 1. The number of halogens is 1. The zero-order valence-electron chi connectivity index (χ0n) is 18.3. The molecule has 0 aliphatic heterocycles. The van der Waals surface area contributed by atoms with Gasteiger partial charge in [-0.15, -0.1) is 0 Å². The molecule has 1 amide bonds. The van der Waals surface area contributed by atoms with Gasteiger partial charge in [0.2, 0.25) is 0 Å². The zero-order chi connectivity index (χ0) is 22.8. The second kappa shape index (κ2) is 8.90. The van der Waals surface area contributed by atoms with Crippen molar-refractivity contribution in [3.05, 3.63) is 70.8 Å². The molecule has 4 rings (SSSR count). The molecule has 7 nitrogen and oxygen atoms in total. The fourth-order valence-corrected chi connectivity index (χ4v) is 3.71. The first kappa shape index (κ1) is 21.7. The number of hydrogen-bond donors (Lipinski definition) is 1. The fraction of sp³-hybridized carbons (Fsp3) is 0.333. The van der Waals surface area contributed by atoms with Crippen molar-refractivity contribution < 1.29 is 23.8 Å². The predicted molar refractivity (Wildman–Crippen MR) is 116 cm³/mol. The van der Waals surface area contributed by atoms with Crippen LogP contribution in [0.3, 0.4) is 0 Å². The number of benzene rings is 2. The second-order valence-corrected chi connectivity index (χ2v) is 7.94. The summed E-state index contributed by atoms with van der Waals surface area (Å²) in [7, 11) is 4.84. The van der Waals surface area contributed by atoms with Gasteiger partial charge in [-0.25, -0.2) is 4.39 Å². The van der Waals surface area contributed by atoms with Crippen LogP contribution in [0.25, 0.3) is 0 Å². The van der Waals surface area contributed by atoms with Crippen LogP contribution in [0, 0.1) is 5.82 Å². The van der Waals surface area contributed by atoms with Crippen molar-refractivity contribution in [2.45, 2.75) is 31.8 Å². The van der Waals surface area contributed by atoms with Crippen molar-refractivity contribution in [1.82, 2.24) is 14.7 Å². The summed E-state index contributed by atoms with van der Waals surface area (Å²) in [4.78, 5) is 15.1. The molecular weight excluding hydrogens is 413 g/mol. The molecular formula is C24H26FN3O4. The number of methoxy groups -OCH3 is 2. The summed E-state index contributed by atoms with van der Waals surface area (Å²) in [6.07, 6.45) is 2.15. The van der Waals surface area contributed by atoms with Gasteiger partial charge in [-0.2, -0.15) is 5.10 Å². The SMILES string of the molecule is COc1ccc(CN(Cc2cccc(O)c2F)C(=O)c2cc(C3CC3)nn2C)c(OC)c1. The monoisotopic (exact) mass is 439 g/mol. The van der Waals surface area contributed by atoms with Gasteiger partial charge >= 0.3 is 0 Å². The van der Waals surface area contributed by atoms with E-state index < -0.39 is 11.6 Å². The Morgan fingerprint density at radius 2 is 1.91 bits per heavy atom. The Balaban J connectivity index is 1.69. The number of ether oxygens (including phenoxy) is 2. The first-order valence-corrected chi connectivity index (χ1v) is 10.4. The van der Waals surface area contributed by atoms with E-state index in [0.29, 0.717) is 23.1 Å². The number of aromatic nitrogens is 2. The van der Waals surface area contributed by atoms with Crippen molar-refractivity contribution in [1.29, 1.82) is 0 Å². The molecule has 0 bridgehead atoms. The molecule has 0 saturated heterocycles. The highest BCUT2D eigenvalue weighted by Crippen LogP contribution is 2.39. The number of hydrogen-bond acceptors (Lipinski definition) is 5. The summed E-state index contributed by atoms with van der Waals surface area (Å²) in [5, 5.41) is 14.3. The van der Waals surface area contributed by atoms with Crippen LogP contribution in [0.4, 0.5) is 4.39 Å². The van der Waals surface area contributed by atoms with E-state index in [4.69, 9.17) is 9.47 Å². The minimum Gasteiger partial charge on any atom is -0.505 e. The maximum absolute atomic E-state index is 14.6. The van der Waals surface area contributed by atoms with Gasteiger partial charge in [0.1, 0.15) is 17.2 Å². The van der Waals surface area contributed by atoms with Crippen LogP contribution < -0.4 is 9.47 Å². The fourth-order valence-electron chi connectivity index (χ4n) is 3.71. The third kappa shape index (κ3) is 4.39. The molecule has 1 heterocycles. The van der Waals surface area contributed by atoms with Crippen molar-refractivity contribution >= 4 is 5.91 Å². The largest absolute Gasteiger partial charge is 0.505 e. The Hall–Kier alpha value is -3.55. The normalized spacial score (nSPS) is 13.1. The van der Waals surface area contributed by atoms with E-state index in [2.05, 4.69) is 5.10 Å². The number of phenols is 1. The van der Waals surface area contributed by atoms with Crippen LogP contribution in [0.1, 0.15) is 46.1 Å². The van der Waals surface area contributed by atoms with Crippen LogP contribution in [-0.4, -0.2) is 39.9 Å². The second-order valence-electron chi connectivity index (χ2n) is 7.94. The van der Waals surface area contributed by atoms with Crippen molar-refractivity contribution in [3.8, 4) is 17.2 Å². The minimum atomic E-state index is -0.740. The highest BCUT2D eigenvalue weighted by molar-refractivity contribution is 5.92. The number of phenolic OH excluding ortho intramolecular Hbond substituents is 1. The molecule has 3 aromatic rings. The Labute approximate surface area is 186 Å². The molecule has 1 aliphatic carbocycles. The number of aryl methyl sites for hydroxylation is 1. The number of carbonyl (C=O) groups is 1. The molecule has 1 N–H and O–H groups in total. The summed E-state index contributed by atoms with van der Waals surface area (Å²) in [5.41, 5.74) is 2.29. The smallest absolute Gasteiger partial charge is 0.272 e. The number of rotatable bonds is 8. The first-order chi connectivity index (χ1) is 15.4. The maximum Gasteiger partial charge on any atom is 0.272 e. The van der Waals surface area contributed by atoms with Gasteiger partial charge < -0.3 is 19.5 Å². The van der Waals surface area contributed by atoms with Gasteiger partial charge in [-0.3, -0.25) is 9.48 Å². The highest BCUT2D eigenvalue weighted by atomic mass is 19.1. The molecule has 1 aliphatic rings. The molecule has 2 aromatic carbocycles. The van der Waals surface area contributed by atoms with E-state index in [1.807, 2.05) is 12.1 Å². The number of nitrogens with zero attached hydrogens (tertiary/aromatic N) is 3. The van der Waals surface area contributed by atoms with Crippen LogP contribution >= 0.6 is 0 Å². The molecule has 0 spiro atoms. The zero-order valence-corrected chi connectivity index (χ0v) is 18.3. The molecule has 168 valence electrons. The summed E-state index contributed by atoms with van der Waals surface area (Å²) >= 11 is 0. The predicted octanol–water partition coefficient (Wildman–Crippen LogP) is 4.00. The summed E-state index contributed by atoms with van der Waals surface area (Å²) in [6, 6.07) is 11.5. The van der Waals surface area contributed by atoms with E-state index in [1.165, 1.54) is 11.0 Å². The first-order valence-electron chi connectivity index (χ1n) is 10.4. The van der Waals surface area contributed by atoms with Crippen molar-refractivity contribution in [2.24, 2.45) is 7.05 Å². The lowest BCUT2D eigenvalue weighted by atomic mass is 10.1. The van der Waals surface area contributed by atoms with Crippen LogP contribution in [-0.2, 0) is 20.1 Å². The van der Waals surface area contributed by atoms with Crippen LogP contribution in [0.15, 0.2) is 42.5 Å². The molecule has 1 aromatic heterocycles. The molecule has 0 atom stereocenters. The lowest BCUT2D eigenvalue weighted by Gasteiger charge is -2.24. The van der Waals surface area contributed by atoms with E-state index in [0.717, 1.165) is 24.1 Å². The molecule has 0 unspecified atom stereocenters. The van der Waals surface area contributed by atoms with E-state index in [9.17, 15) is 14.3 Å².